The highest BCUT2D eigenvalue weighted by Crippen LogP contribution is 2.21. The van der Waals surface area contributed by atoms with Crippen LogP contribution in [-0.4, -0.2) is 23.8 Å². The average molecular weight is 256 g/mol. The minimum Gasteiger partial charge on any atom is -0.444 e. The standard InChI is InChI=1S/C14H28N2O2/c1-10(15)8-9-11(13(2,3)4)16-12(17)18-14(5,6)7/h8-11H,15H2,1-7H3,(H,16,17)/b9-8+. The summed E-state index contributed by atoms with van der Waals surface area (Å²) in [6, 6.07) is -0.145. The van der Waals surface area contributed by atoms with Crippen LogP contribution in [0.25, 0.3) is 0 Å². The van der Waals surface area contributed by atoms with Crippen molar-refractivity contribution in [1.82, 2.24) is 5.32 Å². The largest absolute Gasteiger partial charge is 0.444 e. The predicted molar refractivity (Wildman–Crippen MR) is 75.4 cm³/mol. The first-order valence-corrected chi connectivity index (χ1v) is 6.35. The molecule has 0 fully saturated rings. The van der Waals surface area contributed by atoms with E-state index >= 15 is 0 Å². The van der Waals surface area contributed by atoms with Crippen molar-refractivity contribution >= 4 is 6.09 Å². The maximum absolute atomic E-state index is 11.8. The summed E-state index contributed by atoms with van der Waals surface area (Å²) in [5.41, 5.74) is 5.10. The van der Waals surface area contributed by atoms with Crippen molar-refractivity contribution in [3.05, 3.63) is 12.2 Å². The van der Waals surface area contributed by atoms with E-state index in [0.717, 1.165) is 0 Å². The molecule has 0 aromatic heterocycles. The normalized spacial score (nSPS) is 16.4. The van der Waals surface area contributed by atoms with Gasteiger partial charge < -0.3 is 15.8 Å². The molecular weight excluding hydrogens is 228 g/mol. The Kier molecular flexibility index (Phi) is 5.87. The number of rotatable bonds is 3. The molecule has 0 aromatic carbocycles. The molecule has 0 aromatic rings. The molecule has 0 bridgehead atoms. The van der Waals surface area contributed by atoms with Gasteiger partial charge in [0.05, 0.1) is 6.04 Å². The van der Waals surface area contributed by atoms with Gasteiger partial charge in [0.15, 0.2) is 0 Å². The second kappa shape index (κ2) is 6.23. The van der Waals surface area contributed by atoms with Crippen LogP contribution in [0.5, 0.6) is 0 Å². The van der Waals surface area contributed by atoms with Gasteiger partial charge in [-0.05, 0) is 33.1 Å². The summed E-state index contributed by atoms with van der Waals surface area (Å²) in [6.45, 7) is 13.6. The predicted octanol–water partition coefficient (Wildman–Crippen LogP) is 2.83. The second-order valence-electron chi connectivity index (χ2n) is 6.73. The minimum absolute atomic E-state index is 0.0321. The van der Waals surface area contributed by atoms with Gasteiger partial charge in [0.25, 0.3) is 0 Å². The third kappa shape index (κ3) is 8.12. The van der Waals surface area contributed by atoms with E-state index in [4.69, 9.17) is 10.5 Å². The maximum Gasteiger partial charge on any atom is 0.408 e. The van der Waals surface area contributed by atoms with E-state index in [9.17, 15) is 4.79 Å². The topological polar surface area (TPSA) is 64.3 Å². The molecule has 0 aliphatic rings. The molecule has 4 nitrogen and oxygen atoms in total. The highest BCUT2D eigenvalue weighted by atomic mass is 16.6. The summed E-state index contributed by atoms with van der Waals surface area (Å²) in [5, 5.41) is 2.87. The lowest BCUT2D eigenvalue weighted by atomic mass is 9.86. The molecule has 0 radical (unpaired) electrons. The fraction of sp³-hybridized carbons (Fsp3) is 0.786. The number of nitrogens with one attached hydrogen (secondary N) is 1. The van der Waals surface area contributed by atoms with E-state index in [1.807, 2.05) is 39.8 Å². The van der Waals surface area contributed by atoms with E-state index < -0.39 is 11.7 Å². The molecule has 0 spiro atoms. The number of carbonyl (C=O) groups excluding carboxylic acids is 1. The first-order chi connectivity index (χ1) is 7.92. The van der Waals surface area contributed by atoms with Gasteiger partial charge in [0.1, 0.15) is 5.60 Å². The van der Waals surface area contributed by atoms with Gasteiger partial charge >= 0.3 is 6.09 Å². The van der Waals surface area contributed by atoms with E-state index in [2.05, 4.69) is 26.1 Å². The van der Waals surface area contributed by atoms with E-state index in [-0.39, 0.29) is 17.5 Å². The Bertz CT molecular complexity index is 296. The molecule has 3 N–H and O–H groups in total. The van der Waals surface area contributed by atoms with Crippen LogP contribution < -0.4 is 11.1 Å². The highest BCUT2D eigenvalue weighted by molar-refractivity contribution is 5.68. The number of ether oxygens (including phenoxy) is 1. The first kappa shape index (κ1) is 17.0. The van der Waals surface area contributed by atoms with Crippen LogP contribution in [0.4, 0.5) is 4.79 Å². The molecule has 4 heteroatoms. The molecule has 1 amide bonds. The summed E-state index contributed by atoms with van der Waals surface area (Å²) in [5.74, 6) is 0. The zero-order valence-electron chi connectivity index (χ0n) is 12.7. The van der Waals surface area contributed by atoms with E-state index in [0.29, 0.717) is 0 Å². The molecular formula is C14H28N2O2. The van der Waals surface area contributed by atoms with Gasteiger partial charge in [-0.2, -0.15) is 0 Å². The number of hydrogen-bond acceptors (Lipinski definition) is 3. The van der Waals surface area contributed by atoms with Crippen LogP contribution in [0.2, 0.25) is 0 Å². The second-order valence-corrected chi connectivity index (χ2v) is 6.73. The molecule has 0 heterocycles. The quantitative estimate of drug-likeness (QED) is 0.763. The lowest BCUT2D eigenvalue weighted by Gasteiger charge is -2.30. The SMILES string of the molecule is CC(N)/C=C/C(NC(=O)OC(C)(C)C)C(C)(C)C. The minimum atomic E-state index is -0.489. The van der Waals surface area contributed by atoms with Crippen molar-refractivity contribution in [2.45, 2.75) is 66.2 Å². The molecule has 18 heavy (non-hydrogen) atoms. The Morgan fingerprint density at radius 2 is 1.67 bits per heavy atom. The fourth-order valence-electron chi connectivity index (χ4n) is 1.27. The molecule has 2 atom stereocenters. The first-order valence-electron chi connectivity index (χ1n) is 6.35. The third-order valence-corrected chi connectivity index (χ3v) is 2.21. The molecule has 106 valence electrons. The zero-order chi connectivity index (χ0) is 14.6. The summed E-state index contributed by atoms with van der Waals surface area (Å²) < 4.78 is 5.25. The molecule has 2 unspecified atom stereocenters. The fourth-order valence-corrected chi connectivity index (χ4v) is 1.27. The monoisotopic (exact) mass is 256 g/mol. The lowest BCUT2D eigenvalue weighted by Crippen LogP contribution is -2.44. The molecule has 0 rings (SSSR count). The Labute approximate surface area is 111 Å². The Morgan fingerprint density at radius 1 is 1.17 bits per heavy atom. The van der Waals surface area contributed by atoms with Crippen LogP contribution >= 0.6 is 0 Å². The van der Waals surface area contributed by atoms with Crippen LogP contribution in [0.1, 0.15) is 48.5 Å². The van der Waals surface area contributed by atoms with Gasteiger partial charge in [-0.25, -0.2) is 4.79 Å². The average Bonchev–Trinajstić information content (AvgIpc) is 2.06. The van der Waals surface area contributed by atoms with Gasteiger partial charge in [-0.1, -0.05) is 32.9 Å². The molecule has 0 saturated carbocycles. The highest BCUT2D eigenvalue weighted by Gasteiger charge is 2.26. The van der Waals surface area contributed by atoms with E-state index in [1.54, 1.807) is 0 Å². The molecule has 0 aliphatic heterocycles. The smallest absolute Gasteiger partial charge is 0.408 e. The van der Waals surface area contributed by atoms with Crippen LogP contribution in [0.3, 0.4) is 0 Å². The van der Waals surface area contributed by atoms with Gasteiger partial charge in [0, 0.05) is 6.04 Å². The van der Waals surface area contributed by atoms with Crippen molar-refractivity contribution in [2.75, 3.05) is 0 Å². The number of hydrogen-bond donors (Lipinski definition) is 2. The van der Waals surface area contributed by atoms with Crippen molar-refractivity contribution in [1.29, 1.82) is 0 Å². The summed E-state index contributed by atoms with van der Waals surface area (Å²) in [6.07, 6.45) is 3.40. The number of nitrogens with two attached hydrogens (primary N) is 1. The van der Waals surface area contributed by atoms with Crippen LogP contribution in [0, 0.1) is 5.41 Å². The van der Waals surface area contributed by atoms with Crippen LogP contribution in [-0.2, 0) is 4.74 Å². The Hall–Kier alpha value is -1.03. The summed E-state index contributed by atoms with van der Waals surface area (Å²) in [4.78, 5) is 11.8. The molecule has 0 aliphatic carbocycles. The Morgan fingerprint density at radius 3 is 2.00 bits per heavy atom. The van der Waals surface area contributed by atoms with Gasteiger partial charge in [-0.15, -0.1) is 0 Å². The molecule has 0 saturated heterocycles. The Balaban J connectivity index is 4.67. The van der Waals surface area contributed by atoms with E-state index in [1.165, 1.54) is 0 Å². The summed E-state index contributed by atoms with van der Waals surface area (Å²) in [7, 11) is 0. The summed E-state index contributed by atoms with van der Waals surface area (Å²) >= 11 is 0. The maximum atomic E-state index is 11.8. The van der Waals surface area contributed by atoms with Crippen molar-refractivity contribution in [3.8, 4) is 0 Å². The lowest BCUT2D eigenvalue weighted by molar-refractivity contribution is 0.0484. The number of amides is 1. The zero-order valence-corrected chi connectivity index (χ0v) is 12.7. The third-order valence-electron chi connectivity index (χ3n) is 2.21. The van der Waals surface area contributed by atoms with Crippen molar-refractivity contribution in [2.24, 2.45) is 11.1 Å². The van der Waals surface area contributed by atoms with Gasteiger partial charge in [0.2, 0.25) is 0 Å². The number of carbonyl (C=O) groups is 1. The van der Waals surface area contributed by atoms with Crippen molar-refractivity contribution in [3.63, 3.8) is 0 Å². The van der Waals surface area contributed by atoms with Crippen LogP contribution in [0.15, 0.2) is 12.2 Å². The number of alkyl carbamates (subject to hydrolysis) is 1. The van der Waals surface area contributed by atoms with Crippen molar-refractivity contribution < 1.29 is 9.53 Å². The van der Waals surface area contributed by atoms with Gasteiger partial charge in [-0.3, -0.25) is 0 Å².